The van der Waals surface area contributed by atoms with Gasteiger partial charge in [0.25, 0.3) is 5.91 Å². The molecule has 0 bridgehead atoms. The Labute approximate surface area is 129 Å². The molecule has 2 aromatic rings. The van der Waals surface area contributed by atoms with Crippen LogP contribution in [0, 0.1) is 0 Å². The number of benzene rings is 2. The van der Waals surface area contributed by atoms with Crippen molar-refractivity contribution in [3.05, 3.63) is 64.1 Å². The molecular formula is C15H13BrN2O3. The highest BCUT2D eigenvalue weighted by molar-refractivity contribution is 9.10. The molecule has 0 aliphatic heterocycles. The lowest BCUT2D eigenvalue weighted by atomic mass is 10.1. The average Bonchev–Trinajstić information content (AvgIpc) is 2.44. The van der Waals surface area contributed by atoms with Crippen molar-refractivity contribution in [3.8, 4) is 0 Å². The van der Waals surface area contributed by atoms with Gasteiger partial charge >= 0.3 is 5.97 Å². The van der Waals surface area contributed by atoms with Gasteiger partial charge in [0.2, 0.25) is 0 Å². The highest BCUT2D eigenvalue weighted by Gasteiger charge is 2.22. The normalized spacial score (nSPS) is 11.7. The van der Waals surface area contributed by atoms with Crippen LogP contribution < -0.4 is 11.1 Å². The molecular weight excluding hydrogens is 336 g/mol. The van der Waals surface area contributed by atoms with Crippen molar-refractivity contribution >= 4 is 33.5 Å². The van der Waals surface area contributed by atoms with Crippen LogP contribution >= 0.6 is 15.9 Å². The number of nitrogens with one attached hydrogen (secondary N) is 1. The molecule has 2 aromatic carbocycles. The van der Waals surface area contributed by atoms with Gasteiger partial charge in [0.15, 0.2) is 6.04 Å². The number of nitrogens with two attached hydrogens (primary N) is 1. The summed E-state index contributed by atoms with van der Waals surface area (Å²) in [7, 11) is 0. The summed E-state index contributed by atoms with van der Waals surface area (Å²) in [4.78, 5) is 23.5. The number of aliphatic carboxylic acids is 1. The van der Waals surface area contributed by atoms with Crippen LogP contribution in [0.2, 0.25) is 0 Å². The van der Waals surface area contributed by atoms with Crippen molar-refractivity contribution in [3.63, 3.8) is 0 Å². The first kappa shape index (κ1) is 15.1. The van der Waals surface area contributed by atoms with Crippen LogP contribution in [0.3, 0.4) is 0 Å². The number of carbonyl (C=O) groups is 2. The molecule has 0 heterocycles. The van der Waals surface area contributed by atoms with E-state index in [0.717, 1.165) is 0 Å². The molecule has 0 aliphatic carbocycles. The first-order valence-corrected chi connectivity index (χ1v) is 6.91. The smallest absolute Gasteiger partial charge is 0.330 e. The number of hydrogen-bond acceptors (Lipinski definition) is 3. The van der Waals surface area contributed by atoms with Gasteiger partial charge in [-0.1, -0.05) is 46.3 Å². The maximum absolute atomic E-state index is 12.2. The van der Waals surface area contributed by atoms with E-state index in [9.17, 15) is 14.7 Å². The minimum atomic E-state index is -1.13. The summed E-state index contributed by atoms with van der Waals surface area (Å²) in [5, 5.41) is 11.8. The van der Waals surface area contributed by atoms with Crippen molar-refractivity contribution in [2.24, 2.45) is 0 Å². The van der Waals surface area contributed by atoms with Crippen molar-refractivity contribution in [2.45, 2.75) is 6.04 Å². The van der Waals surface area contributed by atoms with E-state index in [1.54, 1.807) is 42.5 Å². The topological polar surface area (TPSA) is 92.4 Å². The van der Waals surface area contributed by atoms with Gasteiger partial charge in [-0.15, -0.1) is 0 Å². The van der Waals surface area contributed by atoms with Crippen molar-refractivity contribution < 1.29 is 14.7 Å². The molecule has 0 saturated heterocycles. The van der Waals surface area contributed by atoms with Crippen molar-refractivity contribution in [2.75, 3.05) is 5.73 Å². The monoisotopic (exact) mass is 348 g/mol. The van der Waals surface area contributed by atoms with E-state index in [2.05, 4.69) is 21.2 Å². The molecule has 2 rings (SSSR count). The Kier molecular flexibility index (Phi) is 4.59. The number of amides is 1. The number of halogens is 1. The molecule has 0 radical (unpaired) electrons. The Hall–Kier alpha value is -2.34. The third kappa shape index (κ3) is 3.82. The van der Waals surface area contributed by atoms with E-state index in [1.807, 2.05) is 0 Å². The minimum Gasteiger partial charge on any atom is -0.479 e. The molecule has 21 heavy (non-hydrogen) atoms. The quantitative estimate of drug-likeness (QED) is 0.740. The Morgan fingerprint density at radius 1 is 1.14 bits per heavy atom. The van der Waals surface area contributed by atoms with E-state index in [-0.39, 0.29) is 0 Å². The van der Waals surface area contributed by atoms with E-state index >= 15 is 0 Å². The summed E-state index contributed by atoms with van der Waals surface area (Å²) in [6.45, 7) is 0. The number of carbonyl (C=O) groups excluding carboxylic acids is 1. The lowest BCUT2D eigenvalue weighted by Crippen LogP contribution is -2.33. The van der Waals surface area contributed by atoms with Gasteiger partial charge in [-0.2, -0.15) is 0 Å². The summed E-state index contributed by atoms with van der Waals surface area (Å²) in [5.74, 6) is -1.63. The zero-order valence-corrected chi connectivity index (χ0v) is 12.5. The fourth-order valence-electron chi connectivity index (χ4n) is 1.89. The summed E-state index contributed by atoms with van der Waals surface area (Å²) in [5.41, 5.74) is 6.89. The largest absolute Gasteiger partial charge is 0.479 e. The highest BCUT2D eigenvalue weighted by atomic mass is 79.9. The molecule has 0 fully saturated rings. The molecule has 6 heteroatoms. The molecule has 0 aliphatic rings. The van der Waals surface area contributed by atoms with Crippen molar-refractivity contribution in [1.29, 1.82) is 0 Å². The van der Waals surface area contributed by atoms with E-state index in [0.29, 0.717) is 21.3 Å². The number of carboxylic acid groups (broad SMARTS) is 1. The van der Waals surface area contributed by atoms with Crippen LogP contribution in [0.15, 0.2) is 53.0 Å². The van der Waals surface area contributed by atoms with Gasteiger partial charge in [-0.05, 0) is 23.8 Å². The van der Waals surface area contributed by atoms with Gasteiger partial charge in [0, 0.05) is 15.7 Å². The Morgan fingerprint density at radius 2 is 1.81 bits per heavy atom. The minimum absolute atomic E-state index is 0.295. The second kappa shape index (κ2) is 6.41. The molecule has 0 aromatic heterocycles. The summed E-state index contributed by atoms with van der Waals surface area (Å²) in [6, 6.07) is 12.1. The van der Waals surface area contributed by atoms with Gasteiger partial charge in [0.05, 0.1) is 0 Å². The number of anilines is 1. The van der Waals surface area contributed by atoms with E-state index in [4.69, 9.17) is 5.73 Å². The predicted molar refractivity (Wildman–Crippen MR) is 82.8 cm³/mol. The Bertz CT molecular complexity index is 654. The lowest BCUT2D eigenvalue weighted by Gasteiger charge is -2.15. The summed E-state index contributed by atoms with van der Waals surface area (Å²) < 4.78 is 0.652. The van der Waals surface area contributed by atoms with Crippen LogP contribution in [0.1, 0.15) is 22.0 Å². The van der Waals surface area contributed by atoms with Gasteiger partial charge in [0.1, 0.15) is 0 Å². The first-order chi connectivity index (χ1) is 9.97. The zero-order chi connectivity index (χ0) is 15.4. The van der Waals surface area contributed by atoms with Gasteiger partial charge < -0.3 is 16.2 Å². The second-order valence-electron chi connectivity index (χ2n) is 4.43. The van der Waals surface area contributed by atoms with Gasteiger partial charge in [-0.25, -0.2) is 4.79 Å². The maximum atomic E-state index is 12.2. The lowest BCUT2D eigenvalue weighted by molar-refractivity contribution is -0.139. The van der Waals surface area contributed by atoms with E-state index < -0.39 is 17.9 Å². The number of hydrogen-bond donors (Lipinski definition) is 3. The molecule has 1 atom stereocenters. The standard InChI is InChI=1S/C15H13BrN2O3/c16-11-6-10(7-12(17)8-11)14(19)18-13(15(20)21)9-4-2-1-3-5-9/h1-8,13H,17H2,(H,18,19)(H,20,21)/t13-/m1/s1. The Morgan fingerprint density at radius 3 is 2.38 bits per heavy atom. The fraction of sp³-hybridized carbons (Fsp3) is 0.0667. The number of carboxylic acids is 1. The maximum Gasteiger partial charge on any atom is 0.330 e. The molecule has 4 N–H and O–H groups in total. The SMILES string of the molecule is Nc1cc(Br)cc(C(=O)N[C@@H](C(=O)O)c2ccccc2)c1. The first-order valence-electron chi connectivity index (χ1n) is 6.12. The highest BCUT2D eigenvalue weighted by Crippen LogP contribution is 2.19. The summed E-state index contributed by atoms with van der Waals surface area (Å²) >= 11 is 3.25. The molecule has 0 saturated carbocycles. The molecule has 0 unspecified atom stereocenters. The third-order valence-corrected chi connectivity index (χ3v) is 3.30. The second-order valence-corrected chi connectivity index (χ2v) is 5.34. The summed E-state index contributed by atoms with van der Waals surface area (Å²) in [6.07, 6.45) is 0. The third-order valence-electron chi connectivity index (χ3n) is 2.84. The van der Waals surface area contributed by atoms with Crippen LogP contribution in [0.25, 0.3) is 0 Å². The molecule has 1 amide bonds. The van der Waals surface area contributed by atoms with Crippen molar-refractivity contribution in [1.82, 2.24) is 5.32 Å². The molecule has 5 nitrogen and oxygen atoms in total. The van der Waals surface area contributed by atoms with Crippen LogP contribution in [0.5, 0.6) is 0 Å². The van der Waals surface area contributed by atoms with Crippen LogP contribution in [-0.4, -0.2) is 17.0 Å². The number of rotatable bonds is 4. The molecule has 108 valence electrons. The van der Waals surface area contributed by atoms with Gasteiger partial charge in [-0.3, -0.25) is 4.79 Å². The molecule has 0 spiro atoms. The number of nitrogen functional groups attached to an aromatic ring is 1. The zero-order valence-electron chi connectivity index (χ0n) is 10.9. The van der Waals surface area contributed by atoms with Crippen LogP contribution in [0.4, 0.5) is 5.69 Å². The van der Waals surface area contributed by atoms with Crippen LogP contribution in [-0.2, 0) is 4.79 Å². The average molecular weight is 349 g/mol. The van der Waals surface area contributed by atoms with E-state index in [1.165, 1.54) is 6.07 Å². The predicted octanol–water partition coefficient (Wildman–Crippen LogP) is 2.59. The Balaban J connectivity index is 2.25. The fourth-order valence-corrected chi connectivity index (χ4v) is 2.40.